The summed E-state index contributed by atoms with van der Waals surface area (Å²) in [4.78, 5) is 0. The lowest BCUT2D eigenvalue weighted by molar-refractivity contribution is 0.834. The Morgan fingerprint density at radius 1 is 0.625 bits per heavy atom. The maximum Gasteiger partial charge on any atom is 0.0472 e. The first-order valence-electron chi connectivity index (χ1n) is 8.54. The summed E-state index contributed by atoms with van der Waals surface area (Å²) < 4.78 is 4.81. The van der Waals surface area contributed by atoms with Crippen LogP contribution in [0.25, 0.3) is 0 Å². The number of para-hydroxylation sites is 2. The van der Waals surface area contributed by atoms with Crippen LogP contribution in [0.2, 0.25) is 0 Å². The fourth-order valence-corrected chi connectivity index (χ4v) is 4.59. The Morgan fingerprint density at radius 2 is 0.958 bits per heavy atom. The molecule has 0 aliphatic carbocycles. The zero-order valence-electron chi connectivity index (χ0n) is 15.1. The van der Waals surface area contributed by atoms with Crippen LogP contribution in [0.3, 0.4) is 0 Å². The molecule has 4 heteroatoms. The highest BCUT2D eigenvalue weighted by molar-refractivity contribution is 8.04. The maximum absolute atomic E-state index is 2.41. The molecule has 0 bridgehead atoms. The first-order valence-corrected chi connectivity index (χ1v) is 10.4. The topological polar surface area (TPSA) is 6.48 Å². The van der Waals surface area contributed by atoms with Gasteiger partial charge in [-0.25, -0.2) is 0 Å². The molecule has 0 heterocycles. The lowest BCUT2D eigenvalue weighted by Gasteiger charge is -2.29. The largest absolute Gasteiger partial charge is 0.314 e. The second kappa shape index (κ2) is 9.90. The van der Waals surface area contributed by atoms with Crippen LogP contribution in [0.4, 0.5) is 11.4 Å². The molecule has 2 rings (SSSR count). The lowest BCUT2D eigenvalue weighted by Crippen LogP contribution is -2.26. The van der Waals surface area contributed by atoms with Gasteiger partial charge in [0.2, 0.25) is 0 Å². The predicted octanol–water partition coefficient (Wildman–Crippen LogP) is 6.11. The van der Waals surface area contributed by atoms with Gasteiger partial charge in [-0.2, -0.15) is 0 Å². The number of hydrogen-bond acceptors (Lipinski definition) is 4. The third kappa shape index (κ3) is 5.67. The second-order valence-corrected chi connectivity index (χ2v) is 8.30. The van der Waals surface area contributed by atoms with Crippen LogP contribution < -0.4 is 8.61 Å². The van der Waals surface area contributed by atoms with Crippen LogP contribution in [0, 0.1) is 0 Å². The van der Waals surface area contributed by atoms with Crippen molar-refractivity contribution >= 4 is 35.3 Å². The van der Waals surface area contributed by atoms with E-state index in [0.29, 0.717) is 12.1 Å². The monoisotopic (exact) mass is 360 g/mol. The van der Waals surface area contributed by atoms with Gasteiger partial charge in [-0.05, 0) is 75.9 Å². The number of anilines is 2. The summed E-state index contributed by atoms with van der Waals surface area (Å²) in [5.74, 6) is 2.18. The van der Waals surface area contributed by atoms with Gasteiger partial charge in [0.05, 0.1) is 0 Å². The molecule has 0 aliphatic heterocycles. The van der Waals surface area contributed by atoms with Crippen molar-refractivity contribution in [1.82, 2.24) is 0 Å². The highest BCUT2D eigenvalue weighted by Crippen LogP contribution is 2.28. The van der Waals surface area contributed by atoms with E-state index < -0.39 is 0 Å². The second-order valence-electron chi connectivity index (χ2n) is 6.18. The summed E-state index contributed by atoms with van der Waals surface area (Å²) in [5, 5.41) is 0. The molecular weight excluding hydrogens is 332 g/mol. The molecule has 0 saturated carbocycles. The molecule has 24 heavy (non-hydrogen) atoms. The minimum Gasteiger partial charge on any atom is -0.314 e. The predicted molar refractivity (Wildman–Crippen MR) is 113 cm³/mol. The molecule has 0 aromatic heterocycles. The van der Waals surface area contributed by atoms with E-state index in [0.717, 1.165) is 11.5 Å². The first kappa shape index (κ1) is 19.1. The Bertz CT molecular complexity index is 519. The Hall–Kier alpha value is -1.26. The van der Waals surface area contributed by atoms with E-state index in [-0.39, 0.29) is 0 Å². The van der Waals surface area contributed by atoms with Gasteiger partial charge >= 0.3 is 0 Å². The third-order valence-corrected chi connectivity index (χ3v) is 6.36. The first-order chi connectivity index (χ1) is 11.6. The van der Waals surface area contributed by atoms with Crippen LogP contribution in [0.15, 0.2) is 60.7 Å². The van der Waals surface area contributed by atoms with Crippen molar-refractivity contribution in [1.29, 1.82) is 0 Å². The van der Waals surface area contributed by atoms with E-state index in [1.165, 1.54) is 11.4 Å². The Kier molecular flexibility index (Phi) is 7.86. The third-order valence-electron chi connectivity index (χ3n) is 3.50. The Morgan fingerprint density at radius 3 is 1.25 bits per heavy atom. The van der Waals surface area contributed by atoms with Crippen molar-refractivity contribution in [3.63, 3.8) is 0 Å². The molecule has 0 N–H and O–H groups in total. The fourth-order valence-electron chi connectivity index (χ4n) is 2.46. The summed E-state index contributed by atoms with van der Waals surface area (Å²) in [6.07, 6.45) is 0. The van der Waals surface area contributed by atoms with Crippen LogP contribution in [0.5, 0.6) is 0 Å². The summed E-state index contributed by atoms with van der Waals surface area (Å²) in [7, 11) is 0. The smallest absolute Gasteiger partial charge is 0.0472 e. The van der Waals surface area contributed by atoms with Gasteiger partial charge in [-0.1, -0.05) is 36.4 Å². The number of benzene rings is 2. The van der Waals surface area contributed by atoms with Crippen LogP contribution in [-0.2, 0) is 0 Å². The van der Waals surface area contributed by atoms with Crippen molar-refractivity contribution in [2.45, 2.75) is 39.8 Å². The van der Waals surface area contributed by atoms with Crippen molar-refractivity contribution in [3.05, 3.63) is 60.7 Å². The van der Waals surface area contributed by atoms with E-state index >= 15 is 0 Å². The van der Waals surface area contributed by atoms with Gasteiger partial charge in [0.15, 0.2) is 0 Å². The van der Waals surface area contributed by atoms with E-state index in [1.54, 1.807) is 0 Å². The van der Waals surface area contributed by atoms with E-state index in [4.69, 9.17) is 0 Å². The molecule has 0 amide bonds. The van der Waals surface area contributed by atoms with E-state index in [2.05, 4.69) is 97.0 Å². The molecule has 2 aromatic carbocycles. The molecule has 0 saturated heterocycles. The number of rotatable bonds is 9. The van der Waals surface area contributed by atoms with Gasteiger partial charge in [0.1, 0.15) is 0 Å². The molecule has 0 spiro atoms. The maximum atomic E-state index is 2.41. The molecule has 0 atom stereocenters. The van der Waals surface area contributed by atoms with Crippen molar-refractivity contribution in [2.24, 2.45) is 0 Å². The minimum absolute atomic E-state index is 0.484. The van der Waals surface area contributed by atoms with Gasteiger partial charge in [-0.15, -0.1) is 0 Å². The van der Waals surface area contributed by atoms with Gasteiger partial charge in [0, 0.05) is 35.0 Å². The van der Waals surface area contributed by atoms with Crippen molar-refractivity contribution in [2.75, 3.05) is 20.1 Å². The summed E-state index contributed by atoms with van der Waals surface area (Å²) in [6, 6.07) is 22.3. The average molecular weight is 361 g/mol. The van der Waals surface area contributed by atoms with Crippen LogP contribution >= 0.6 is 23.9 Å². The van der Waals surface area contributed by atoms with Gasteiger partial charge < -0.3 is 8.61 Å². The number of hydrogen-bond donors (Lipinski definition) is 0. The SMILES string of the molecule is CC(C)N(SCCSN(c1ccccc1)C(C)C)c1ccccc1. The van der Waals surface area contributed by atoms with Crippen molar-refractivity contribution in [3.8, 4) is 0 Å². The molecule has 0 unspecified atom stereocenters. The molecule has 2 aromatic rings. The molecule has 130 valence electrons. The number of nitrogens with zero attached hydrogens (tertiary/aromatic N) is 2. The zero-order chi connectivity index (χ0) is 17.4. The summed E-state index contributed by atoms with van der Waals surface area (Å²) in [5.41, 5.74) is 2.57. The molecule has 0 radical (unpaired) electrons. The Balaban J connectivity index is 1.88. The van der Waals surface area contributed by atoms with Crippen LogP contribution in [-0.4, -0.2) is 23.6 Å². The zero-order valence-corrected chi connectivity index (χ0v) is 16.7. The lowest BCUT2D eigenvalue weighted by atomic mass is 10.3. The van der Waals surface area contributed by atoms with Crippen LogP contribution in [0.1, 0.15) is 27.7 Å². The molecule has 0 fully saturated rings. The quantitative estimate of drug-likeness (QED) is 0.393. The highest BCUT2D eigenvalue weighted by atomic mass is 32.2. The standard InChI is InChI=1S/C20H28N2S2/c1-17(2)21(19-11-7-5-8-12-19)23-15-16-24-22(18(3)4)20-13-9-6-10-14-20/h5-14,17-18H,15-16H2,1-4H3. The van der Waals surface area contributed by atoms with E-state index in [9.17, 15) is 0 Å². The normalized spacial score (nSPS) is 11.1. The van der Waals surface area contributed by atoms with Gasteiger partial charge in [0.25, 0.3) is 0 Å². The van der Waals surface area contributed by atoms with Gasteiger partial charge in [-0.3, -0.25) is 0 Å². The molecular formula is C20H28N2S2. The van der Waals surface area contributed by atoms with Crippen molar-refractivity contribution < 1.29 is 0 Å². The highest BCUT2D eigenvalue weighted by Gasteiger charge is 2.13. The Labute approximate surface area is 155 Å². The molecule has 0 aliphatic rings. The van der Waals surface area contributed by atoms with E-state index in [1.807, 2.05) is 23.9 Å². The fraction of sp³-hybridized carbons (Fsp3) is 0.400. The average Bonchev–Trinajstić information content (AvgIpc) is 2.59. The summed E-state index contributed by atoms with van der Waals surface area (Å²) in [6.45, 7) is 8.99. The summed E-state index contributed by atoms with van der Waals surface area (Å²) >= 11 is 3.83. The minimum atomic E-state index is 0.484. The molecule has 2 nitrogen and oxygen atoms in total.